The van der Waals surface area contributed by atoms with Crippen LogP contribution in [0.1, 0.15) is 303 Å². The molecule has 7 atom stereocenters. The number of nitrogens with one attached hydrogen (secondary N) is 1. The number of esters is 1. The Bertz CT molecular complexity index is 1510. The number of allylic oxidation sites excluding steroid dienone is 9. The smallest absolute Gasteiger partial charge is 0.305 e. The number of amides is 1. The van der Waals surface area contributed by atoms with Gasteiger partial charge in [-0.15, -0.1) is 0 Å². The first-order chi connectivity index (χ1) is 39.2. The summed E-state index contributed by atoms with van der Waals surface area (Å²) in [6.07, 6.45) is 66.5. The maximum atomic E-state index is 13.0. The largest absolute Gasteiger partial charge is 0.466 e. The summed E-state index contributed by atoms with van der Waals surface area (Å²) in [4.78, 5) is 25.0. The van der Waals surface area contributed by atoms with Crippen molar-refractivity contribution in [2.45, 2.75) is 346 Å². The van der Waals surface area contributed by atoms with Crippen molar-refractivity contribution in [3.8, 4) is 0 Å². The molecule has 0 bridgehead atoms. The fraction of sp³-hybridized carbons (Fsp3) is 0.826. The Morgan fingerprint density at radius 2 is 0.887 bits per heavy atom. The fourth-order valence-electron chi connectivity index (χ4n) is 10.3. The van der Waals surface area contributed by atoms with Crippen LogP contribution in [0, 0.1) is 0 Å². The highest BCUT2D eigenvalue weighted by atomic mass is 16.7. The second-order valence-electron chi connectivity index (χ2n) is 23.1. The Morgan fingerprint density at radius 3 is 1.36 bits per heavy atom. The summed E-state index contributed by atoms with van der Waals surface area (Å²) >= 11 is 0. The molecule has 80 heavy (non-hydrogen) atoms. The highest BCUT2D eigenvalue weighted by Gasteiger charge is 2.44. The Labute approximate surface area is 490 Å². The van der Waals surface area contributed by atoms with Gasteiger partial charge < -0.3 is 45.1 Å². The van der Waals surface area contributed by atoms with E-state index in [1.165, 1.54) is 199 Å². The van der Waals surface area contributed by atoms with E-state index in [-0.39, 0.29) is 18.5 Å². The maximum Gasteiger partial charge on any atom is 0.305 e. The van der Waals surface area contributed by atoms with Crippen molar-refractivity contribution in [1.29, 1.82) is 0 Å². The molecule has 1 aliphatic heterocycles. The van der Waals surface area contributed by atoms with E-state index >= 15 is 0 Å². The zero-order chi connectivity index (χ0) is 58.0. The lowest BCUT2D eigenvalue weighted by molar-refractivity contribution is -0.302. The molecule has 0 aromatic carbocycles. The summed E-state index contributed by atoms with van der Waals surface area (Å²) in [6, 6.07) is -0.834. The zero-order valence-electron chi connectivity index (χ0n) is 51.5. The van der Waals surface area contributed by atoms with E-state index in [2.05, 4.69) is 67.8 Å². The van der Waals surface area contributed by atoms with Gasteiger partial charge in [0.2, 0.25) is 5.91 Å². The molecule has 0 aromatic heterocycles. The van der Waals surface area contributed by atoms with Crippen LogP contribution >= 0.6 is 0 Å². The zero-order valence-corrected chi connectivity index (χ0v) is 51.5. The molecule has 0 spiro atoms. The number of aliphatic hydroxyl groups excluding tert-OH is 5. The molecule has 1 aliphatic rings. The Hall–Kier alpha value is -2.64. The van der Waals surface area contributed by atoms with Crippen LogP contribution in [0.15, 0.2) is 60.8 Å². The Kier molecular flexibility index (Phi) is 54.8. The van der Waals surface area contributed by atoms with Crippen LogP contribution in [-0.4, -0.2) is 100 Å². The number of unbranched alkanes of at least 4 members (excludes halogenated alkanes) is 36. The molecule has 6 N–H and O–H groups in total. The molecule has 11 heteroatoms. The summed E-state index contributed by atoms with van der Waals surface area (Å²) in [7, 11) is 0. The first kappa shape index (κ1) is 75.4. The number of ether oxygens (including phenoxy) is 3. The van der Waals surface area contributed by atoms with Crippen molar-refractivity contribution >= 4 is 11.9 Å². The third-order valence-corrected chi connectivity index (χ3v) is 15.6. The lowest BCUT2D eigenvalue weighted by atomic mass is 9.99. The van der Waals surface area contributed by atoms with E-state index in [0.29, 0.717) is 19.4 Å². The van der Waals surface area contributed by atoms with Crippen molar-refractivity contribution in [3.63, 3.8) is 0 Å². The molecule has 1 amide bonds. The molecular formula is C69H125NO10. The van der Waals surface area contributed by atoms with E-state index in [1.807, 2.05) is 6.08 Å². The molecule has 7 unspecified atom stereocenters. The quantitative estimate of drug-likeness (QED) is 0.0195. The predicted octanol–water partition coefficient (Wildman–Crippen LogP) is 16.6. The summed E-state index contributed by atoms with van der Waals surface area (Å²) in [5, 5.41) is 54.3. The van der Waals surface area contributed by atoms with Gasteiger partial charge in [0.1, 0.15) is 24.4 Å². The lowest BCUT2D eigenvalue weighted by Gasteiger charge is -2.40. The summed E-state index contributed by atoms with van der Waals surface area (Å²) in [5.74, 6) is -0.194. The highest BCUT2D eigenvalue weighted by molar-refractivity contribution is 5.76. The van der Waals surface area contributed by atoms with Crippen molar-refractivity contribution in [2.75, 3.05) is 19.8 Å². The molecule has 1 heterocycles. The van der Waals surface area contributed by atoms with Crippen molar-refractivity contribution < 1.29 is 49.3 Å². The second kappa shape index (κ2) is 58.1. The van der Waals surface area contributed by atoms with Gasteiger partial charge in [-0.3, -0.25) is 9.59 Å². The van der Waals surface area contributed by atoms with Crippen molar-refractivity contribution in [3.05, 3.63) is 60.8 Å². The molecule has 0 saturated carbocycles. The monoisotopic (exact) mass is 1130 g/mol. The Morgan fingerprint density at radius 1 is 0.475 bits per heavy atom. The van der Waals surface area contributed by atoms with Gasteiger partial charge in [0.25, 0.3) is 0 Å². The number of aliphatic hydroxyl groups is 5. The fourth-order valence-corrected chi connectivity index (χ4v) is 10.3. The van der Waals surface area contributed by atoms with Gasteiger partial charge in [-0.2, -0.15) is 0 Å². The minimum absolute atomic E-state index is 0.00409. The van der Waals surface area contributed by atoms with Crippen LogP contribution in [0.2, 0.25) is 0 Å². The van der Waals surface area contributed by atoms with Gasteiger partial charge in [0, 0.05) is 12.8 Å². The summed E-state index contributed by atoms with van der Waals surface area (Å²) < 4.78 is 16.7. The normalized spacial score (nSPS) is 18.7. The molecule has 1 rings (SSSR count). The van der Waals surface area contributed by atoms with Crippen LogP contribution in [0.4, 0.5) is 0 Å². The number of carbonyl (C=O) groups is 2. The van der Waals surface area contributed by atoms with E-state index in [0.717, 1.165) is 77.0 Å². The number of hydrogen-bond donors (Lipinski definition) is 6. The standard InChI is InChI=1S/C69H125NO10/c1-3-5-7-9-11-13-36-41-45-49-53-57-65(74)78-58-54-50-46-42-38-35-33-31-29-27-25-23-21-19-17-15-16-18-20-22-24-26-28-30-32-34-37-40-44-48-52-56-64(73)70-61(60-79-69-68(77)67(76)66(75)63(59-71)80-69)62(72)55-51-47-43-39-14-12-10-8-6-4-2/h6,8,14,17,19,23,25,39,51,55,61-63,66-69,71-72,75-77H,3-5,7,9-13,15-16,18,20-22,24,26-38,40-50,52-54,56-60H2,1-2H3,(H,70,73)/b8-6+,19-17-,25-23-,39-14+,55-51+. The van der Waals surface area contributed by atoms with E-state index in [4.69, 9.17) is 14.2 Å². The second-order valence-corrected chi connectivity index (χ2v) is 23.1. The van der Waals surface area contributed by atoms with E-state index in [9.17, 15) is 35.1 Å². The Balaban J connectivity index is 1.97. The molecule has 0 aromatic rings. The molecule has 1 fully saturated rings. The molecule has 1 saturated heterocycles. The molecule has 11 nitrogen and oxygen atoms in total. The topological polar surface area (TPSA) is 175 Å². The van der Waals surface area contributed by atoms with Crippen molar-refractivity contribution in [1.82, 2.24) is 5.32 Å². The first-order valence-electron chi connectivity index (χ1n) is 33.6. The van der Waals surface area contributed by atoms with Crippen LogP contribution in [0.25, 0.3) is 0 Å². The predicted molar refractivity (Wildman–Crippen MR) is 333 cm³/mol. The lowest BCUT2D eigenvalue weighted by Crippen LogP contribution is -2.60. The van der Waals surface area contributed by atoms with Crippen LogP contribution < -0.4 is 5.32 Å². The average molecular weight is 1130 g/mol. The summed E-state index contributed by atoms with van der Waals surface area (Å²) in [6.45, 7) is 4.21. The van der Waals surface area contributed by atoms with Crippen LogP contribution in [0.5, 0.6) is 0 Å². The molecule has 466 valence electrons. The van der Waals surface area contributed by atoms with Gasteiger partial charge in [0.05, 0.1) is 32.0 Å². The van der Waals surface area contributed by atoms with Gasteiger partial charge in [-0.25, -0.2) is 0 Å². The van der Waals surface area contributed by atoms with Crippen LogP contribution in [-0.2, 0) is 23.8 Å². The average Bonchev–Trinajstić information content (AvgIpc) is 3.47. The first-order valence-corrected chi connectivity index (χ1v) is 33.6. The SMILES string of the molecule is CC/C=C/CC/C=C/CC/C=C/C(O)C(COC1OC(CO)C(O)C(O)C1O)NC(=O)CCCCCCCCCCCCCCCCC/C=C\C/C=C\CCCCCCCCCCCOC(=O)CCCCCCCCCCCCC. The molecular weight excluding hydrogens is 1000 g/mol. The van der Waals surface area contributed by atoms with E-state index < -0.39 is 49.5 Å². The van der Waals surface area contributed by atoms with Gasteiger partial charge >= 0.3 is 5.97 Å². The third kappa shape index (κ3) is 46.8. The third-order valence-electron chi connectivity index (χ3n) is 15.6. The van der Waals surface area contributed by atoms with Gasteiger partial charge in [-0.05, 0) is 83.5 Å². The van der Waals surface area contributed by atoms with Gasteiger partial charge in [-0.1, -0.05) is 267 Å². The van der Waals surface area contributed by atoms with Crippen LogP contribution in [0.3, 0.4) is 0 Å². The number of carbonyl (C=O) groups excluding carboxylic acids is 2. The maximum absolute atomic E-state index is 13.0. The minimum atomic E-state index is -1.58. The number of rotatable bonds is 58. The minimum Gasteiger partial charge on any atom is -0.466 e. The van der Waals surface area contributed by atoms with Crippen molar-refractivity contribution in [2.24, 2.45) is 0 Å². The highest BCUT2D eigenvalue weighted by Crippen LogP contribution is 2.23. The number of hydrogen-bond acceptors (Lipinski definition) is 10. The van der Waals surface area contributed by atoms with Gasteiger partial charge in [0.15, 0.2) is 6.29 Å². The summed E-state index contributed by atoms with van der Waals surface area (Å²) in [5.41, 5.74) is 0. The molecule has 0 radical (unpaired) electrons. The molecule has 0 aliphatic carbocycles. The van der Waals surface area contributed by atoms with E-state index in [1.54, 1.807) is 6.08 Å².